The Morgan fingerprint density at radius 3 is 3.12 bits per heavy atom. The maximum absolute atomic E-state index is 9.18. The molecule has 1 atom stereocenters. The molecule has 0 bridgehead atoms. The Labute approximate surface area is 103 Å². The summed E-state index contributed by atoms with van der Waals surface area (Å²) in [6.45, 7) is 2.01. The van der Waals surface area contributed by atoms with Crippen LogP contribution in [0.1, 0.15) is 12.8 Å². The molecule has 0 aromatic carbocycles. The van der Waals surface area contributed by atoms with E-state index in [1.54, 1.807) is 0 Å². The standard InChI is InChI=1S/C10H15BrN4O/c11-8-9(12)13-6-14-10(8)15-3-1-2-7(4-15)5-16/h6-7,16H,1-5H2,(H2,12,13,14). The molecule has 1 fully saturated rings. The minimum absolute atomic E-state index is 0.231. The van der Waals surface area contributed by atoms with Crippen molar-refractivity contribution < 1.29 is 5.11 Å². The number of nitrogens with two attached hydrogens (primary N) is 1. The Bertz CT molecular complexity index is 374. The van der Waals surface area contributed by atoms with Crippen molar-refractivity contribution in [2.24, 2.45) is 5.92 Å². The quantitative estimate of drug-likeness (QED) is 0.849. The van der Waals surface area contributed by atoms with E-state index in [0.717, 1.165) is 36.2 Å². The van der Waals surface area contributed by atoms with Crippen LogP contribution in [-0.4, -0.2) is 34.8 Å². The van der Waals surface area contributed by atoms with E-state index in [4.69, 9.17) is 5.73 Å². The van der Waals surface area contributed by atoms with Crippen molar-refractivity contribution in [3.05, 3.63) is 10.8 Å². The summed E-state index contributed by atoms with van der Waals surface area (Å²) in [5.74, 6) is 1.61. The Hall–Kier alpha value is -0.880. The Kier molecular flexibility index (Phi) is 3.60. The average Bonchev–Trinajstić information content (AvgIpc) is 2.33. The summed E-state index contributed by atoms with van der Waals surface area (Å²) in [7, 11) is 0. The highest BCUT2D eigenvalue weighted by Crippen LogP contribution is 2.30. The molecule has 3 N–H and O–H groups in total. The van der Waals surface area contributed by atoms with Crippen molar-refractivity contribution >= 4 is 27.6 Å². The first-order valence-electron chi connectivity index (χ1n) is 5.34. The van der Waals surface area contributed by atoms with Crippen molar-refractivity contribution in [2.75, 3.05) is 30.3 Å². The number of anilines is 2. The molecular formula is C10H15BrN4O. The van der Waals surface area contributed by atoms with Gasteiger partial charge >= 0.3 is 0 Å². The van der Waals surface area contributed by atoms with Crippen LogP contribution in [0, 0.1) is 5.92 Å². The lowest BCUT2D eigenvalue weighted by atomic mass is 9.99. The minimum Gasteiger partial charge on any atom is -0.396 e. The Balaban J connectivity index is 2.20. The Morgan fingerprint density at radius 1 is 1.56 bits per heavy atom. The van der Waals surface area contributed by atoms with Crippen LogP contribution in [0.15, 0.2) is 10.8 Å². The third-order valence-corrected chi connectivity index (χ3v) is 3.64. The molecule has 1 aliphatic rings. The van der Waals surface area contributed by atoms with E-state index >= 15 is 0 Å². The van der Waals surface area contributed by atoms with Crippen LogP contribution in [0.4, 0.5) is 11.6 Å². The van der Waals surface area contributed by atoms with E-state index in [1.807, 2.05) is 0 Å². The first kappa shape index (κ1) is 11.6. The predicted molar refractivity (Wildman–Crippen MR) is 66.2 cm³/mol. The maximum Gasteiger partial charge on any atom is 0.148 e. The van der Waals surface area contributed by atoms with Gasteiger partial charge < -0.3 is 15.7 Å². The molecule has 2 rings (SSSR count). The average molecular weight is 287 g/mol. The summed E-state index contributed by atoms with van der Waals surface area (Å²) in [6, 6.07) is 0. The fraction of sp³-hybridized carbons (Fsp3) is 0.600. The van der Waals surface area contributed by atoms with Gasteiger partial charge in [0.25, 0.3) is 0 Å². The molecule has 0 aliphatic carbocycles. The first-order valence-corrected chi connectivity index (χ1v) is 6.13. The van der Waals surface area contributed by atoms with Gasteiger partial charge in [0.15, 0.2) is 0 Å². The number of nitrogen functional groups attached to an aromatic ring is 1. The van der Waals surface area contributed by atoms with Crippen LogP contribution in [0.5, 0.6) is 0 Å². The maximum atomic E-state index is 9.18. The second-order valence-electron chi connectivity index (χ2n) is 4.03. The lowest BCUT2D eigenvalue weighted by Gasteiger charge is -2.33. The summed E-state index contributed by atoms with van der Waals surface area (Å²) < 4.78 is 0.744. The molecule has 88 valence electrons. The second kappa shape index (κ2) is 4.97. The Morgan fingerprint density at radius 2 is 2.38 bits per heavy atom. The fourth-order valence-electron chi connectivity index (χ4n) is 2.00. The zero-order chi connectivity index (χ0) is 11.5. The van der Waals surface area contributed by atoms with Crippen molar-refractivity contribution in [1.29, 1.82) is 0 Å². The van der Waals surface area contributed by atoms with E-state index < -0.39 is 0 Å². The molecule has 5 nitrogen and oxygen atoms in total. The van der Waals surface area contributed by atoms with Crippen molar-refractivity contribution in [2.45, 2.75) is 12.8 Å². The summed E-state index contributed by atoms with van der Waals surface area (Å²) in [4.78, 5) is 10.3. The zero-order valence-electron chi connectivity index (χ0n) is 8.93. The number of halogens is 1. The normalized spacial score (nSPS) is 21.1. The summed E-state index contributed by atoms with van der Waals surface area (Å²) in [5, 5.41) is 9.18. The zero-order valence-corrected chi connectivity index (χ0v) is 10.5. The number of aliphatic hydroxyl groups excluding tert-OH is 1. The number of hydrogen-bond acceptors (Lipinski definition) is 5. The SMILES string of the molecule is Nc1ncnc(N2CCCC(CO)C2)c1Br. The predicted octanol–water partition coefficient (Wildman–Crippen LogP) is 1.03. The summed E-state index contributed by atoms with van der Waals surface area (Å²) in [6.07, 6.45) is 3.62. The van der Waals surface area contributed by atoms with Crippen LogP contribution in [0.25, 0.3) is 0 Å². The monoisotopic (exact) mass is 286 g/mol. The first-order chi connectivity index (χ1) is 7.72. The van der Waals surface area contributed by atoms with E-state index in [1.165, 1.54) is 6.33 Å². The summed E-state index contributed by atoms with van der Waals surface area (Å²) >= 11 is 3.40. The van der Waals surface area contributed by atoms with Crippen molar-refractivity contribution in [1.82, 2.24) is 9.97 Å². The van der Waals surface area contributed by atoms with Gasteiger partial charge in [0.2, 0.25) is 0 Å². The highest BCUT2D eigenvalue weighted by atomic mass is 79.9. The molecule has 1 aromatic heterocycles. The van der Waals surface area contributed by atoms with E-state index in [-0.39, 0.29) is 6.61 Å². The van der Waals surface area contributed by atoms with E-state index in [2.05, 4.69) is 30.8 Å². The summed E-state index contributed by atoms with van der Waals surface area (Å²) in [5.41, 5.74) is 5.72. The molecule has 1 aliphatic heterocycles. The third kappa shape index (κ3) is 2.27. The fourth-order valence-corrected chi connectivity index (χ4v) is 2.46. The molecule has 1 aromatic rings. The second-order valence-corrected chi connectivity index (χ2v) is 4.83. The molecule has 0 amide bonds. The number of nitrogens with zero attached hydrogens (tertiary/aromatic N) is 3. The third-order valence-electron chi connectivity index (χ3n) is 2.87. The molecule has 2 heterocycles. The minimum atomic E-state index is 0.231. The number of rotatable bonds is 2. The van der Waals surface area contributed by atoms with Crippen LogP contribution >= 0.6 is 15.9 Å². The molecule has 0 spiro atoms. The van der Waals surface area contributed by atoms with E-state index in [9.17, 15) is 5.11 Å². The highest BCUT2D eigenvalue weighted by Gasteiger charge is 2.22. The molecule has 1 saturated heterocycles. The lowest BCUT2D eigenvalue weighted by molar-refractivity contribution is 0.208. The van der Waals surface area contributed by atoms with Crippen LogP contribution in [0.3, 0.4) is 0 Å². The molecular weight excluding hydrogens is 272 g/mol. The largest absolute Gasteiger partial charge is 0.396 e. The van der Waals surface area contributed by atoms with Crippen molar-refractivity contribution in [3.63, 3.8) is 0 Å². The molecule has 6 heteroatoms. The van der Waals surface area contributed by atoms with Gasteiger partial charge in [0.1, 0.15) is 22.4 Å². The van der Waals surface area contributed by atoms with Gasteiger partial charge in [0.05, 0.1) is 0 Å². The van der Waals surface area contributed by atoms with Crippen LogP contribution in [-0.2, 0) is 0 Å². The number of piperidine rings is 1. The van der Waals surface area contributed by atoms with Gasteiger partial charge in [-0.05, 0) is 34.7 Å². The number of aliphatic hydroxyl groups is 1. The van der Waals surface area contributed by atoms with Gasteiger partial charge in [-0.25, -0.2) is 9.97 Å². The molecule has 16 heavy (non-hydrogen) atoms. The topological polar surface area (TPSA) is 75.3 Å². The van der Waals surface area contributed by atoms with Crippen LogP contribution in [0.2, 0.25) is 0 Å². The highest BCUT2D eigenvalue weighted by molar-refractivity contribution is 9.10. The van der Waals surface area contributed by atoms with Gasteiger partial charge in [0, 0.05) is 19.7 Å². The van der Waals surface area contributed by atoms with Gasteiger partial charge in [-0.2, -0.15) is 0 Å². The number of aromatic nitrogens is 2. The lowest BCUT2D eigenvalue weighted by Crippen LogP contribution is -2.37. The van der Waals surface area contributed by atoms with Crippen LogP contribution < -0.4 is 10.6 Å². The van der Waals surface area contributed by atoms with E-state index in [0.29, 0.717) is 11.7 Å². The van der Waals surface area contributed by atoms with Gasteiger partial charge in [-0.15, -0.1) is 0 Å². The molecule has 0 saturated carbocycles. The van der Waals surface area contributed by atoms with Gasteiger partial charge in [-0.1, -0.05) is 0 Å². The molecule has 1 unspecified atom stereocenters. The molecule has 0 radical (unpaired) electrons. The van der Waals surface area contributed by atoms with Crippen molar-refractivity contribution in [3.8, 4) is 0 Å². The smallest absolute Gasteiger partial charge is 0.148 e. The number of hydrogen-bond donors (Lipinski definition) is 2. The van der Waals surface area contributed by atoms with Gasteiger partial charge in [-0.3, -0.25) is 0 Å².